The number of nitrogens with zero attached hydrogens (tertiary/aromatic N) is 3. The maximum absolute atomic E-state index is 11.3. The number of aliphatic hydroxyl groups is 1. The minimum absolute atomic E-state index is 0.112. The number of imidazole rings is 1. The van der Waals surface area contributed by atoms with Crippen molar-refractivity contribution in [2.24, 2.45) is 0 Å². The van der Waals surface area contributed by atoms with Crippen molar-refractivity contribution in [1.82, 2.24) is 14.3 Å². The fraction of sp³-hybridized carbons (Fsp3) is 0.500. The Balaban J connectivity index is 2.13. The van der Waals surface area contributed by atoms with Gasteiger partial charge in [0.2, 0.25) is 0 Å². The lowest BCUT2D eigenvalue weighted by atomic mass is 10.1. The van der Waals surface area contributed by atoms with Gasteiger partial charge in [0.1, 0.15) is 5.65 Å². The summed E-state index contributed by atoms with van der Waals surface area (Å²) in [5, 5.41) is 18.8. The molecule has 2 heterocycles. The summed E-state index contributed by atoms with van der Waals surface area (Å²) in [6.45, 7) is 5.99. The Hall–Kier alpha value is -2.08. The van der Waals surface area contributed by atoms with Crippen LogP contribution in [0.3, 0.4) is 0 Å². The Morgan fingerprint density at radius 3 is 2.68 bits per heavy atom. The van der Waals surface area contributed by atoms with Crippen LogP contribution < -0.4 is 0 Å². The van der Waals surface area contributed by atoms with Crippen LogP contribution in [0.1, 0.15) is 38.6 Å². The third-order valence-corrected chi connectivity index (χ3v) is 3.70. The molecule has 0 aliphatic heterocycles. The Labute approximate surface area is 130 Å². The summed E-state index contributed by atoms with van der Waals surface area (Å²) in [4.78, 5) is 17.2. The number of amides is 1. The first kappa shape index (κ1) is 16.3. The second-order valence-corrected chi connectivity index (χ2v) is 6.30. The van der Waals surface area contributed by atoms with Gasteiger partial charge in [-0.3, -0.25) is 0 Å². The number of rotatable bonds is 5. The number of carboxylic acid groups (broad SMARTS) is 1. The maximum atomic E-state index is 11.3. The summed E-state index contributed by atoms with van der Waals surface area (Å²) in [5.74, 6) is 0. The molecule has 0 unspecified atom stereocenters. The highest BCUT2D eigenvalue weighted by Crippen LogP contribution is 2.18. The molecule has 0 radical (unpaired) electrons. The van der Waals surface area contributed by atoms with Crippen molar-refractivity contribution in [3.05, 3.63) is 35.8 Å². The lowest BCUT2D eigenvalue weighted by molar-refractivity contribution is 0.0995. The Morgan fingerprint density at radius 2 is 2.09 bits per heavy atom. The van der Waals surface area contributed by atoms with Gasteiger partial charge < -0.3 is 19.5 Å². The van der Waals surface area contributed by atoms with Crippen molar-refractivity contribution in [3.8, 4) is 0 Å². The lowest BCUT2D eigenvalue weighted by Gasteiger charge is -2.33. The van der Waals surface area contributed by atoms with Gasteiger partial charge >= 0.3 is 6.09 Å². The molecular formula is C16H23N3O3. The Morgan fingerprint density at radius 1 is 1.36 bits per heavy atom. The smallest absolute Gasteiger partial charge is 0.407 e. The van der Waals surface area contributed by atoms with Gasteiger partial charge in [0.25, 0.3) is 0 Å². The number of fused-ring (bicyclic) bond motifs is 1. The van der Waals surface area contributed by atoms with Crippen molar-refractivity contribution < 1.29 is 15.0 Å². The van der Waals surface area contributed by atoms with Crippen LogP contribution in [0.5, 0.6) is 0 Å². The van der Waals surface area contributed by atoms with Crippen molar-refractivity contribution in [3.63, 3.8) is 0 Å². The normalized spacial score (nSPS) is 11.8. The average molecular weight is 305 g/mol. The zero-order valence-electron chi connectivity index (χ0n) is 13.3. The number of pyridine rings is 1. The predicted octanol–water partition coefficient (Wildman–Crippen LogP) is 2.54. The molecule has 0 atom stereocenters. The van der Waals surface area contributed by atoms with Crippen LogP contribution in [0.2, 0.25) is 0 Å². The second kappa shape index (κ2) is 6.36. The summed E-state index contributed by atoms with van der Waals surface area (Å²) in [5.41, 5.74) is 1.97. The highest BCUT2D eigenvalue weighted by atomic mass is 16.4. The van der Waals surface area contributed by atoms with E-state index in [-0.39, 0.29) is 6.61 Å². The van der Waals surface area contributed by atoms with Crippen LogP contribution in [0.15, 0.2) is 24.4 Å². The summed E-state index contributed by atoms with van der Waals surface area (Å²) in [7, 11) is 0. The van der Waals surface area contributed by atoms with E-state index < -0.39 is 11.6 Å². The van der Waals surface area contributed by atoms with Crippen LogP contribution in [0.4, 0.5) is 4.79 Å². The highest BCUT2D eigenvalue weighted by Gasteiger charge is 2.25. The fourth-order valence-corrected chi connectivity index (χ4v) is 2.61. The first-order valence-corrected chi connectivity index (χ1v) is 7.41. The number of carbonyl (C=O) groups is 1. The molecule has 2 rings (SSSR count). The van der Waals surface area contributed by atoms with E-state index in [4.69, 9.17) is 0 Å². The van der Waals surface area contributed by atoms with Crippen LogP contribution in [-0.2, 0) is 13.0 Å². The number of aliphatic hydroxyl groups excluding tert-OH is 1. The zero-order valence-corrected chi connectivity index (χ0v) is 13.3. The van der Waals surface area contributed by atoms with Gasteiger partial charge in [0.05, 0.1) is 12.3 Å². The third-order valence-electron chi connectivity index (χ3n) is 3.70. The van der Waals surface area contributed by atoms with E-state index >= 15 is 0 Å². The van der Waals surface area contributed by atoms with E-state index in [1.165, 1.54) is 4.90 Å². The molecule has 6 heteroatoms. The maximum Gasteiger partial charge on any atom is 0.407 e. The van der Waals surface area contributed by atoms with Crippen LogP contribution in [0.25, 0.3) is 5.65 Å². The number of hydrogen-bond acceptors (Lipinski definition) is 3. The van der Waals surface area contributed by atoms with Crippen LogP contribution in [-0.4, -0.2) is 42.7 Å². The molecule has 2 N–H and O–H groups in total. The van der Waals surface area contributed by atoms with E-state index in [1.807, 2.05) is 49.6 Å². The predicted molar refractivity (Wildman–Crippen MR) is 83.9 cm³/mol. The van der Waals surface area contributed by atoms with Gasteiger partial charge in [0.15, 0.2) is 0 Å². The monoisotopic (exact) mass is 305 g/mol. The SMILES string of the molecule is CC(C)(C)N(CCCc1c(CO)nc2ccccn12)C(=O)O. The largest absolute Gasteiger partial charge is 0.465 e. The molecule has 2 aromatic rings. The molecule has 0 aromatic carbocycles. The van der Waals surface area contributed by atoms with Gasteiger partial charge in [-0.25, -0.2) is 9.78 Å². The van der Waals surface area contributed by atoms with E-state index in [9.17, 15) is 15.0 Å². The molecule has 0 fully saturated rings. The molecule has 6 nitrogen and oxygen atoms in total. The molecule has 0 spiro atoms. The Kier molecular flexibility index (Phi) is 4.71. The molecule has 2 aromatic heterocycles. The van der Waals surface area contributed by atoms with Crippen LogP contribution in [0, 0.1) is 0 Å². The van der Waals surface area contributed by atoms with Gasteiger partial charge in [-0.05, 0) is 45.7 Å². The minimum Gasteiger partial charge on any atom is -0.465 e. The van der Waals surface area contributed by atoms with Crippen molar-refractivity contribution >= 4 is 11.7 Å². The second-order valence-electron chi connectivity index (χ2n) is 6.30. The standard InChI is InChI=1S/C16H23N3O3/c1-16(2,3)19(15(21)22)10-6-7-13-12(11-20)17-14-8-4-5-9-18(13)14/h4-5,8-9,20H,6-7,10-11H2,1-3H3,(H,21,22). The summed E-state index contributed by atoms with van der Waals surface area (Å²) in [6, 6.07) is 5.71. The highest BCUT2D eigenvalue weighted by molar-refractivity contribution is 5.65. The fourth-order valence-electron chi connectivity index (χ4n) is 2.61. The Bertz CT molecular complexity index is 658. The summed E-state index contributed by atoms with van der Waals surface area (Å²) in [6.07, 6.45) is 2.35. The lowest BCUT2D eigenvalue weighted by Crippen LogP contribution is -2.45. The molecule has 1 amide bonds. The molecule has 0 bridgehead atoms. The van der Waals surface area contributed by atoms with E-state index in [0.29, 0.717) is 25.1 Å². The molecule has 0 saturated heterocycles. The van der Waals surface area contributed by atoms with Gasteiger partial charge in [-0.15, -0.1) is 0 Å². The van der Waals surface area contributed by atoms with E-state index in [1.54, 1.807) is 0 Å². The number of aryl methyl sites for hydroxylation is 1. The minimum atomic E-state index is -0.909. The van der Waals surface area contributed by atoms with Crippen molar-refractivity contribution in [2.75, 3.05) is 6.54 Å². The van der Waals surface area contributed by atoms with E-state index in [0.717, 1.165) is 11.3 Å². The molecule has 0 aliphatic carbocycles. The third kappa shape index (κ3) is 3.39. The summed E-state index contributed by atoms with van der Waals surface area (Å²) >= 11 is 0. The van der Waals surface area contributed by atoms with Crippen LogP contribution >= 0.6 is 0 Å². The molecule has 22 heavy (non-hydrogen) atoms. The number of hydrogen-bond donors (Lipinski definition) is 2. The van der Waals surface area contributed by atoms with Crippen molar-refractivity contribution in [1.29, 1.82) is 0 Å². The zero-order chi connectivity index (χ0) is 16.3. The quantitative estimate of drug-likeness (QED) is 0.890. The molecular weight excluding hydrogens is 282 g/mol. The molecule has 0 saturated carbocycles. The van der Waals surface area contributed by atoms with E-state index in [2.05, 4.69) is 4.98 Å². The molecule has 120 valence electrons. The van der Waals surface area contributed by atoms with Gasteiger partial charge in [-0.2, -0.15) is 0 Å². The van der Waals surface area contributed by atoms with Gasteiger partial charge in [-0.1, -0.05) is 6.07 Å². The van der Waals surface area contributed by atoms with Crippen molar-refractivity contribution in [2.45, 2.75) is 45.8 Å². The molecule has 0 aliphatic rings. The first-order valence-electron chi connectivity index (χ1n) is 7.41. The number of aromatic nitrogens is 2. The summed E-state index contributed by atoms with van der Waals surface area (Å²) < 4.78 is 1.95. The van der Waals surface area contributed by atoms with Gasteiger partial charge in [0, 0.05) is 24.0 Å². The topological polar surface area (TPSA) is 78.1 Å². The average Bonchev–Trinajstić information content (AvgIpc) is 2.79. The first-order chi connectivity index (χ1) is 10.3.